The van der Waals surface area contributed by atoms with Crippen molar-refractivity contribution >= 4 is 12.1 Å². The van der Waals surface area contributed by atoms with E-state index in [1.807, 2.05) is 0 Å². The summed E-state index contributed by atoms with van der Waals surface area (Å²) in [5.74, 6) is -0.408. The summed E-state index contributed by atoms with van der Waals surface area (Å²) >= 11 is 0. The number of hydrogen-bond donors (Lipinski definition) is 0. The number of carbonyl (C=O) groups excluding carboxylic acids is 2. The third-order valence-electron chi connectivity index (χ3n) is 2.87. The lowest BCUT2D eigenvalue weighted by Crippen LogP contribution is -2.51. The molecular formula is C16H27NO4. The highest BCUT2D eigenvalue weighted by Gasteiger charge is 2.38. The van der Waals surface area contributed by atoms with Gasteiger partial charge in [-0.15, -0.1) is 0 Å². The maximum atomic E-state index is 12.3. The first-order valence-electron chi connectivity index (χ1n) is 7.28. The van der Waals surface area contributed by atoms with Crippen molar-refractivity contribution in [1.29, 1.82) is 0 Å². The van der Waals surface area contributed by atoms with Gasteiger partial charge in [0.2, 0.25) is 0 Å². The van der Waals surface area contributed by atoms with Gasteiger partial charge in [0.05, 0.1) is 0 Å². The Morgan fingerprint density at radius 2 is 1.62 bits per heavy atom. The van der Waals surface area contributed by atoms with Gasteiger partial charge in [0, 0.05) is 6.54 Å². The third-order valence-corrected chi connectivity index (χ3v) is 2.87. The molecule has 1 unspecified atom stereocenters. The second-order valence-corrected chi connectivity index (χ2v) is 7.43. The highest BCUT2D eigenvalue weighted by Crippen LogP contribution is 2.25. The minimum Gasteiger partial charge on any atom is -0.458 e. The summed E-state index contributed by atoms with van der Waals surface area (Å²) < 4.78 is 10.8. The first-order chi connectivity index (χ1) is 9.39. The van der Waals surface area contributed by atoms with Crippen molar-refractivity contribution in [2.45, 2.75) is 71.6 Å². The second kappa shape index (κ2) is 6.08. The number of hydrogen-bond acceptors (Lipinski definition) is 4. The summed E-state index contributed by atoms with van der Waals surface area (Å²) in [5.41, 5.74) is -0.231. The highest BCUT2D eigenvalue weighted by atomic mass is 16.6. The SMILES string of the molecule is C=C1CCN(C(=O)OC(C)(C)C)C(C(=O)OC(C)(C)C)C1. The van der Waals surface area contributed by atoms with Gasteiger partial charge in [-0.1, -0.05) is 12.2 Å². The molecule has 0 aromatic carbocycles. The number of esters is 1. The van der Waals surface area contributed by atoms with E-state index in [1.165, 1.54) is 4.90 Å². The smallest absolute Gasteiger partial charge is 0.411 e. The molecule has 1 rings (SSSR count). The van der Waals surface area contributed by atoms with Crippen LogP contribution < -0.4 is 0 Å². The molecule has 0 aliphatic carbocycles. The van der Waals surface area contributed by atoms with Crippen molar-refractivity contribution in [3.8, 4) is 0 Å². The Morgan fingerprint density at radius 3 is 2.10 bits per heavy atom. The van der Waals surface area contributed by atoms with Crippen LogP contribution in [0.25, 0.3) is 0 Å². The molecule has 5 heteroatoms. The standard InChI is InChI=1S/C16H27NO4/c1-11-8-9-17(14(19)21-16(5,6)7)12(10-11)13(18)20-15(2,3)4/h12H,1,8-10H2,2-7H3. The molecule has 120 valence electrons. The molecular weight excluding hydrogens is 270 g/mol. The second-order valence-electron chi connectivity index (χ2n) is 7.43. The molecule has 0 bridgehead atoms. The number of rotatable bonds is 1. The lowest BCUT2D eigenvalue weighted by molar-refractivity contribution is -0.161. The van der Waals surface area contributed by atoms with E-state index in [9.17, 15) is 9.59 Å². The molecule has 0 aromatic heterocycles. The van der Waals surface area contributed by atoms with Crippen LogP contribution in [-0.2, 0) is 14.3 Å². The van der Waals surface area contributed by atoms with Crippen LogP contribution in [0, 0.1) is 0 Å². The molecule has 21 heavy (non-hydrogen) atoms. The van der Waals surface area contributed by atoms with Gasteiger partial charge in [0.15, 0.2) is 0 Å². The Morgan fingerprint density at radius 1 is 1.10 bits per heavy atom. The van der Waals surface area contributed by atoms with Crippen molar-refractivity contribution < 1.29 is 19.1 Å². The van der Waals surface area contributed by atoms with E-state index in [4.69, 9.17) is 9.47 Å². The average molecular weight is 297 g/mol. The molecule has 0 saturated carbocycles. The van der Waals surface area contributed by atoms with Gasteiger partial charge in [0.25, 0.3) is 0 Å². The van der Waals surface area contributed by atoms with Crippen LogP contribution in [0.1, 0.15) is 54.4 Å². The zero-order valence-electron chi connectivity index (χ0n) is 14.0. The van der Waals surface area contributed by atoms with Crippen molar-refractivity contribution in [1.82, 2.24) is 4.90 Å². The van der Waals surface area contributed by atoms with Crippen molar-refractivity contribution in [3.63, 3.8) is 0 Å². The molecule has 1 atom stereocenters. The van der Waals surface area contributed by atoms with Gasteiger partial charge >= 0.3 is 12.1 Å². The van der Waals surface area contributed by atoms with Gasteiger partial charge < -0.3 is 9.47 Å². The molecule has 1 fully saturated rings. The first kappa shape index (κ1) is 17.5. The van der Waals surface area contributed by atoms with Crippen LogP contribution in [0.15, 0.2) is 12.2 Å². The zero-order chi connectivity index (χ0) is 16.4. The summed E-state index contributed by atoms with van der Waals surface area (Å²) in [6.45, 7) is 15.2. The van der Waals surface area contributed by atoms with Crippen LogP contribution in [0.2, 0.25) is 0 Å². The van der Waals surface area contributed by atoms with Crippen LogP contribution in [-0.4, -0.2) is 40.8 Å². The number of nitrogens with zero attached hydrogens (tertiary/aromatic N) is 1. The molecule has 0 N–H and O–H groups in total. The lowest BCUT2D eigenvalue weighted by Gasteiger charge is -2.37. The Balaban J connectivity index is 2.86. The molecule has 1 heterocycles. The zero-order valence-corrected chi connectivity index (χ0v) is 14.0. The van der Waals surface area contributed by atoms with E-state index in [0.717, 1.165) is 5.57 Å². The summed E-state index contributed by atoms with van der Waals surface area (Å²) in [7, 11) is 0. The van der Waals surface area contributed by atoms with Gasteiger partial charge in [-0.2, -0.15) is 0 Å². The summed E-state index contributed by atoms with van der Waals surface area (Å²) in [4.78, 5) is 26.0. The monoisotopic (exact) mass is 297 g/mol. The maximum Gasteiger partial charge on any atom is 0.411 e. The maximum absolute atomic E-state index is 12.3. The fraction of sp³-hybridized carbons (Fsp3) is 0.750. The molecule has 0 spiro atoms. The van der Waals surface area contributed by atoms with Gasteiger partial charge in [0.1, 0.15) is 17.2 Å². The summed E-state index contributed by atoms with van der Waals surface area (Å²) in [6.07, 6.45) is 0.623. The van der Waals surface area contributed by atoms with Gasteiger partial charge in [-0.25, -0.2) is 9.59 Å². The number of carbonyl (C=O) groups is 2. The van der Waals surface area contributed by atoms with Gasteiger partial charge in [-0.3, -0.25) is 4.90 Å². The predicted octanol–water partition coefficient (Wildman–Crippen LogP) is 3.28. The number of ether oxygens (including phenoxy) is 2. The first-order valence-corrected chi connectivity index (χ1v) is 7.28. The van der Waals surface area contributed by atoms with E-state index < -0.39 is 29.3 Å². The lowest BCUT2D eigenvalue weighted by atomic mass is 9.98. The van der Waals surface area contributed by atoms with E-state index in [-0.39, 0.29) is 0 Å². The van der Waals surface area contributed by atoms with Crippen molar-refractivity contribution in [2.75, 3.05) is 6.54 Å². The summed E-state index contributed by atoms with van der Waals surface area (Å²) in [5, 5.41) is 0. The van der Waals surface area contributed by atoms with E-state index in [2.05, 4.69) is 6.58 Å². The Labute approximate surface area is 127 Å². The predicted molar refractivity (Wildman–Crippen MR) is 80.9 cm³/mol. The average Bonchev–Trinajstić information content (AvgIpc) is 2.23. The van der Waals surface area contributed by atoms with Crippen LogP contribution in [0.3, 0.4) is 0 Å². The summed E-state index contributed by atoms with van der Waals surface area (Å²) in [6, 6.07) is -0.652. The molecule has 0 radical (unpaired) electrons. The molecule has 5 nitrogen and oxygen atoms in total. The van der Waals surface area contributed by atoms with E-state index in [1.54, 1.807) is 41.5 Å². The fourth-order valence-corrected chi connectivity index (χ4v) is 2.04. The molecule has 0 aromatic rings. The Kier molecular flexibility index (Phi) is 5.07. The molecule has 1 aliphatic heterocycles. The van der Waals surface area contributed by atoms with Crippen LogP contribution in [0.5, 0.6) is 0 Å². The van der Waals surface area contributed by atoms with Crippen molar-refractivity contribution in [3.05, 3.63) is 12.2 Å². The number of piperidine rings is 1. The number of amides is 1. The molecule has 1 saturated heterocycles. The number of likely N-dealkylation sites (tertiary alicyclic amines) is 1. The third kappa shape index (κ3) is 5.78. The van der Waals surface area contributed by atoms with Crippen LogP contribution >= 0.6 is 0 Å². The molecule has 1 aliphatic rings. The van der Waals surface area contributed by atoms with Crippen LogP contribution in [0.4, 0.5) is 4.79 Å². The fourth-order valence-electron chi connectivity index (χ4n) is 2.04. The highest BCUT2D eigenvalue weighted by molar-refractivity contribution is 5.82. The molecule has 1 amide bonds. The topological polar surface area (TPSA) is 55.8 Å². The minimum absolute atomic E-state index is 0.408. The van der Waals surface area contributed by atoms with Gasteiger partial charge in [-0.05, 0) is 54.4 Å². The quantitative estimate of drug-likeness (QED) is 0.550. The van der Waals surface area contributed by atoms with Crippen molar-refractivity contribution in [2.24, 2.45) is 0 Å². The largest absolute Gasteiger partial charge is 0.458 e. The Bertz CT molecular complexity index is 429. The van der Waals surface area contributed by atoms with E-state index >= 15 is 0 Å². The Hall–Kier alpha value is -1.52. The minimum atomic E-state index is -0.652. The normalized spacial score (nSPS) is 20.2. The van der Waals surface area contributed by atoms with E-state index in [0.29, 0.717) is 19.4 Å².